The van der Waals surface area contributed by atoms with Crippen LogP contribution in [0.1, 0.15) is 28.8 Å². The Bertz CT molecular complexity index is 946. The van der Waals surface area contributed by atoms with Crippen LogP contribution in [0.2, 0.25) is 0 Å². The minimum absolute atomic E-state index is 0.136. The minimum atomic E-state index is -0.540. The average molecular weight is 397 g/mol. The first-order valence-electron chi connectivity index (χ1n) is 8.79. The van der Waals surface area contributed by atoms with Crippen LogP contribution in [-0.2, 0) is 6.42 Å². The number of unbranched alkanes of at least 4 members (excludes halogenated alkanes) is 1. The first-order valence-corrected chi connectivity index (χ1v) is 9.60. The van der Waals surface area contributed by atoms with Crippen molar-refractivity contribution in [2.75, 3.05) is 17.2 Å². The van der Waals surface area contributed by atoms with Crippen LogP contribution in [0.3, 0.4) is 0 Å². The molecule has 0 unspecified atom stereocenters. The number of hydrogen-bond donors (Lipinski definition) is 2. The number of carbonyl (C=O) groups is 1. The summed E-state index contributed by atoms with van der Waals surface area (Å²) < 4.78 is 0. The first kappa shape index (κ1) is 19.4. The highest BCUT2D eigenvalue weighted by molar-refractivity contribution is 7.19. The number of carbonyl (C=O) groups excluding carboxylic acids is 1. The number of nitrogens with zero attached hydrogens (tertiary/aromatic N) is 3. The number of amides is 1. The van der Waals surface area contributed by atoms with Crippen molar-refractivity contribution in [1.29, 1.82) is 0 Å². The van der Waals surface area contributed by atoms with Gasteiger partial charge in [0.2, 0.25) is 10.3 Å². The largest absolute Gasteiger partial charge is 0.360 e. The Morgan fingerprint density at radius 2 is 1.82 bits per heavy atom. The maximum absolute atomic E-state index is 12.2. The molecule has 0 saturated carbocycles. The van der Waals surface area contributed by atoms with Gasteiger partial charge in [0, 0.05) is 24.2 Å². The van der Waals surface area contributed by atoms with E-state index in [-0.39, 0.29) is 11.3 Å². The molecule has 0 saturated heterocycles. The predicted octanol–water partition coefficient (Wildman–Crippen LogP) is 4.13. The molecule has 2 aromatic carbocycles. The van der Waals surface area contributed by atoms with Crippen LogP contribution in [-0.4, -0.2) is 27.6 Å². The van der Waals surface area contributed by atoms with Crippen molar-refractivity contribution in [3.8, 4) is 0 Å². The molecule has 3 rings (SSSR count). The smallest absolute Gasteiger partial charge is 0.270 e. The minimum Gasteiger partial charge on any atom is -0.360 e. The van der Waals surface area contributed by atoms with E-state index in [4.69, 9.17) is 0 Å². The molecule has 9 heteroatoms. The van der Waals surface area contributed by atoms with Crippen molar-refractivity contribution in [1.82, 2.24) is 10.2 Å². The molecule has 0 aliphatic carbocycles. The lowest BCUT2D eigenvalue weighted by molar-refractivity contribution is -0.384. The van der Waals surface area contributed by atoms with Crippen LogP contribution < -0.4 is 10.6 Å². The Hall–Kier alpha value is -3.33. The summed E-state index contributed by atoms with van der Waals surface area (Å²) in [5, 5.41) is 25.5. The molecular formula is C19H19N5O3S. The van der Waals surface area contributed by atoms with Crippen molar-refractivity contribution < 1.29 is 9.72 Å². The van der Waals surface area contributed by atoms with Crippen molar-refractivity contribution in [3.05, 3.63) is 75.8 Å². The van der Waals surface area contributed by atoms with E-state index in [1.165, 1.54) is 41.2 Å². The second kappa shape index (κ2) is 9.56. The standard InChI is InChI=1S/C19H19N5O3S/c25-17(15-10-6-11-16(13-15)24(26)27)21-19-23-22-18(28-19)20-12-5-4-9-14-7-2-1-3-8-14/h1-3,6-8,10-11,13H,4-5,9,12H2,(H,20,22)(H,21,23,25). The van der Waals surface area contributed by atoms with E-state index in [1.807, 2.05) is 18.2 Å². The molecule has 0 spiro atoms. The number of aryl methyl sites for hydroxylation is 1. The molecule has 0 bridgehead atoms. The van der Waals surface area contributed by atoms with Crippen molar-refractivity contribution in [3.63, 3.8) is 0 Å². The van der Waals surface area contributed by atoms with E-state index in [2.05, 4.69) is 33.0 Å². The number of aromatic nitrogens is 2. The lowest BCUT2D eigenvalue weighted by Crippen LogP contribution is -2.11. The number of hydrogen-bond acceptors (Lipinski definition) is 7. The van der Waals surface area contributed by atoms with E-state index in [1.54, 1.807) is 0 Å². The van der Waals surface area contributed by atoms with Crippen LogP contribution in [0.4, 0.5) is 16.0 Å². The van der Waals surface area contributed by atoms with Crippen LogP contribution >= 0.6 is 11.3 Å². The van der Waals surface area contributed by atoms with E-state index >= 15 is 0 Å². The third-order valence-corrected chi connectivity index (χ3v) is 4.77. The monoisotopic (exact) mass is 397 g/mol. The fourth-order valence-electron chi connectivity index (χ4n) is 2.57. The molecule has 2 N–H and O–H groups in total. The van der Waals surface area contributed by atoms with Crippen molar-refractivity contribution in [2.24, 2.45) is 0 Å². The highest BCUT2D eigenvalue weighted by Crippen LogP contribution is 2.21. The summed E-state index contributed by atoms with van der Waals surface area (Å²) in [4.78, 5) is 22.5. The van der Waals surface area contributed by atoms with Crippen LogP contribution in [0.15, 0.2) is 54.6 Å². The van der Waals surface area contributed by atoms with Gasteiger partial charge in [-0.2, -0.15) is 0 Å². The summed E-state index contributed by atoms with van der Waals surface area (Å²) in [6.07, 6.45) is 3.08. The van der Waals surface area contributed by atoms with E-state index in [0.717, 1.165) is 25.8 Å². The summed E-state index contributed by atoms with van der Waals surface area (Å²) in [7, 11) is 0. The molecule has 8 nitrogen and oxygen atoms in total. The quantitative estimate of drug-likeness (QED) is 0.319. The van der Waals surface area contributed by atoms with Gasteiger partial charge < -0.3 is 5.32 Å². The van der Waals surface area contributed by atoms with Crippen LogP contribution in [0.5, 0.6) is 0 Å². The lowest BCUT2D eigenvalue weighted by atomic mass is 10.1. The third kappa shape index (κ3) is 5.58. The maximum atomic E-state index is 12.2. The van der Waals surface area contributed by atoms with Gasteiger partial charge in [0.25, 0.3) is 11.6 Å². The highest BCUT2D eigenvalue weighted by atomic mass is 32.1. The zero-order valence-corrected chi connectivity index (χ0v) is 15.8. The number of rotatable bonds is 9. The summed E-state index contributed by atoms with van der Waals surface area (Å²) in [6.45, 7) is 0.764. The highest BCUT2D eigenvalue weighted by Gasteiger charge is 2.13. The molecule has 1 amide bonds. The average Bonchev–Trinajstić information content (AvgIpc) is 3.15. The Balaban J connectivity index is 1.44. The maximum Gasteiger partial charge on any atom is 0.270 e. The number of nitro benzene ring substituents is 1. The summed E-state index contributed by atoms with van der Waals surface area (Å²) in [5.41, 5.74) is 1.38. The number of anilines is 2. The Morgan fingerprint density at radius 3 is 2.61 bits per heavy atom. The molecule has 144 valence electrons. The zero-order chi connectivity index (χ0) is 19.8. The van der Waals surface area contributed by atoms with Gasteiger partial charge in [-0.1, -0.05) is 47.7 Å². The van der Waals surface area contributed by atoms with Gasteiger partial charge in [-0.05, 0) is 30.9 Å². The van der Waals surface area contributed by atoms with Crippen LogP contribution in [0.25, 0.3) is 0 Å². The Morgan fingerprint density at radius 1 is 1.04 bits per heavy atom. The SMILES string of the molecule is O=C(Nc1nnc(NCCCCc2ccccc2)s1)c1cccc([N+](=O)[O-])c1. The fourth-order valence-corrected chi connectivity index (χ4v) is 3.23. The molecule has 0 aliphatic heterocycles. The molecule has 1 aromatic heterocycles. The van der Waals surface area contributed by atoms with Gasteiger partial charge in [-0.3, -0.25) is 20.2 Å². The van der Waals surface area contributed by atoms with Crippen LogP contribution in [0, 0.1) is 10.1 Å². The lowest BCUT2D eigenvalue weighted by Gasteiger charge is -2.03. The first-order chi connectivity index (χ1) is 13.6. The van der Waals surface area contributed by atoms with E-state index < -0.39 is 10.8 Å². The predicted molar refractivity (Wildman–Crippen MR) is 109 cm³/mol. The molecule has 0 fully saturated rings. The van der Waals surface area contributed by atoms with Gasteiger partial charge >= 0.3 is 0 Å². The molecule has 0 atom stereocenters. The number of nitro groups is 1. The summed E-state index contributed by atoms with van der Waals surface area (Å²) >= 11 is 1.22. The summed E-state index contributed by atoms with van der Waals surface area (Å²) in [6, 6.07) is 15.9. The molecule has 3 aromatic rings. The van der Waals surface area contributed by atoms with Gasteiger partial charge in [0.1, 0.15) is 0 Å². The zero-order valence-electron chi connectivity index (χ0n) is 15.0. The molecule has 1 heterocycles. The molecule has 0 aliphatic rings. The van der Waals surface area contributed by atoms with E-state index in [9.17, 15) is 14.9 Å². The fraction of sp³-hybridized carbons (Fsp3) is 0.211. The van der Waals surface area contributed by atoms with Gasteiger partial charge in [0.15, 0.2) is 0 Å². The second-order valence-corrected chi connectivity index (χ2v) is 7.02. The number of benzene rings is 2. The topological polar surface area (TPSA) is 110 Å². The van der Waals surface area contributed by atoms with Gasteiger partial charge in [-0.15, -0.1) is 10.2 Å². The Kier molecular flexibility index (Phi) is 6.64. The molecular weight excluding hydrogens is 378 g/mol. The third-order valence-electron chi connectivity index (χ3n) is 3.98. The van der Waals surface area contributed by atoms with E-state index in [0.29, 0.717) is 10.3 Å². The molecule has 0 radical (unpaired) electrons. The Labute approximate surface area is 165 Å². The second-order valence-electron chi connectivity index (χ2n) is 6.04. The normalized spacial score (nSPS) is 10.4. The van der Waals surface area contributed by atoms with Gasteiger partial charge in [-0.25, -0.2) is 0 Å². The summed E-state index contributed by atoms with van der Waals surface area (Å²) in [5.74, 6) is -0.464. The van der Waals surface area contributed by atoms with Crippen molar-refractivity contribution >= 4 is 33.2 Å². The number of non-ortho nitro benzene ring substituents is 1. The van der Waals surface area contributed by atoms with Crippen molar-refractivity contribution in [2.45, 2.75) is 19.3 Å². The van der Waals surface area contributed by atoms with Gasteiger partial charge in [0.05, 0.1) is 4.92 Å². The number of nitrogens with one attached hydrogen (secondary N) is 2. The molecule has 28 heavy (non-hydrogen) atoms.